The van der Waals surface area contributed by atoms with Gasteiger partial charge >= 0.3 is 0 Å². The van der Waals surface area contributed by atoms with Gasteiger partial charge in [0.2, 0.25) is 0 Å². The first kappa shape index (κ1) is 11.0. The van der Waals surface area contributed by atoms with Crippen LogP contribution in [0.4, 0.5) is 0 Å². The van der Waals surface area contributed by atoms with Crippen molar-refractivity contribution in [1.29, 1.82) is 0 Å². The highest BCUT2D eigenvalue weighted by Crippen LogP contribution is 2.34. The average molecular weight is 184 g/mol. The number of aliphatic hydroxyl groups is 1. The summed E-state index contributed by atoms with van der Waals surface area (Å²) in [6.07, 6.45) is 4.50. The first-order valence-electron chi connectivity index (χ1n) is 5.61. The van der Waals surface area contributed by atoms with Gasteiger partial charge in [-0.2, -0.15) is 0 Å². The third-order valence-corrected chi connectivity index (χ3v) is 3.19. The van der Waals surface area contributed by atoms with Crippen LogP contribution in [0.15, 0.2) is 0 Å². The van der Waals surface area contributed by atoms with E-state index in [1.54, 1.807) is 0 Å². The van der Waals surface area contributed by atoms with Crippen molar-refractivity contribution in [1.82, 2.24) is 0 Å². The molecule has 1 rings (SSSR count). The summed E-state index contributed by atoms with van der Waals surface area (Å²) < 4.78 is 0. The first-order chi connectivity index (χ1) is 5.89. The fourth-order valence-electron chi connectivity index (χ4n) is 3.22. The lowest BCUT2D eigenvalue weighted by Gasteiger charge is -2.34. The largest absolute Gasteiger partial charge is 0.390 e. The fourth-order valence-corrected chi connectivity index (χ4v) is 3.22. The lowest BCUT2D eigenvalue weighted by atomic mass is 9.75. The Labute approximate surface area is 82.5 Å². The van der Waals surface area contributed by atoms with E-state index < -0.39 is 5.60 Å². The molecular formula is C12H24O. The van der Waals surface area contributed by atoms with Crippen molar-refractivity contribution in [2.24, 2.45) is 17.8 Å². The van der Waals surface area contributed by atoms with Crippen LogP contribution in [0.3, 0.4) is 0 Å². The van der Waals surface area contributed by atoms with Crippen LogP contribution in [0.2, 0.25) is 0 Å². The van der Waals surface area contributed by atoms with Crippen LogP contribution in [0.25, 0.3) is 0 Å². The molecular weight excluding hydrogens is 160 g/mol. The van der Waals surface area contributed by atoms with Gasteiger partial charge < -0.3 is 5.11 Å². The van der Waals surface area contributed by atoms with E-state index in [9.17, 15) is 5.11 Å². The maximum absolute atomic E-state index is 10.1. The second-order valence-electron chi connectivity index (χ2n) is 5.69. The van der Waals surface area contributed by atoms with Gasteiger partial charge in [-0.25, -0.2) is 0 Å². The number of hydrogen-bond donors (Lipinski definition) is 1. The molecule has 0 radical (unpaired) electrons. The molecule has 0 aromatic heterocycles. The number of rotatable bonds is 0. The van der Waals surface area contributed by atoms with Crippen LogP contribution < -0.4 is 0 Å². The molecule has 1 saturated carbocycles. The SMILES string of the molecule is CC1CC(C)CC(C)(O)CC(C)C1. The highest BCUT2D eigenvalue weighted by atomic mass is 16.3. The van der Waals surface area contributed by atoms with Crippen LogP contribution in [0, 0.1) is 17.8 Å². The Morgan fingerprint density at radius 3 is 1.69 bits per heavy atom. The van der Waals surface area contributed by atoms with E-state index in [2.05, 4.69) is 20.8 Å². The molecule has 1 nitrogen and oxygen atoms in total. The number of hydrogen-bond acceptors (Lipinski definition) is 1. The summed E-state index contributed by atoms with van der Waals surface area (Å²) in [6, 6.07) is 0. The Morgan fingerprint density at radius 1 is 0.923 bits per heavy atom. The van der Waals surface area contributed by atoms with E-state index >= 15 is 0 Å². The molecule has 1 aliphatic rings. The molecule has 0 aromatic carbocycles. The standard InChI is InChI=1S/C12H24O/c1-9-5-10(2)7-12(4,13)8-11(3)6-9/h9-11,13H,5-8H2,1-4H3. The van der Waals surface area contributed by atoms with Crippen molar-refractivity contribution in [2.75, 3.05) is 0 Å². The summed E-state index contributed by atoms with van der Waals surface area (Å²) in [7, 11) is 0. The van der Waals surface area contributed by atoms with Crippen molar-refractivity contribution in [3.05, 3.63) is 0 Å². The zero-order chi connectivity index (χ0) is 10.1. The quantitative estimate of drug-likeness (QED) is 0.613. The minimum atomic E-state index is -0.418. The molecule has 1 fully saturated rings. The van der Waals surface area contributed by atoms with E-state index in [0.717, 1.165) is 18.8 Å². The van der Waals surface area contributed by atoms with Crippen LogP contribution in [0.5, 0.6) is 0 Å². The van der Waals surface area contributed by atoms with Crippen molar-refractivity contribution in [2.45, 2.75) is 59.0 Å². The van der Waals surface area contributed by atoms with E-state index in [-0.39, 0.29) is 0 Å². The van der Waals surface area contributed by atoms with Gasteiger partial charge in [0.15, 0.2) is 0 Å². The lowest BCUT2D eigenvalue weighted by molar-refractivity contribution is -0.000620. The van der Waals surface area contributed by atoms with Crippen molar-refractivity contribution in [3.63, 3.8) is 0 Å². The smallest absolute Gasteiger partial charge is 0.0624 e. The molecule has 78 valence electrons. The molecule has 0 saturated heterocycles. The summed E-state index contributed by atoms with van der Waals surface area (Å²) in [5, 5.41) is 10.1. The van der Waals surface area contributed by atoms with E-state index in [1.807, 2.05) is 6.92 Å². The molecule has 0 bridgehead atoms. The van der Waals surface area contributed by atoms with Crippen molar-refractivity contribution < 1.29 is 5.11 Å². The summed E-state index contributed by atoms with van der Waals surface area (Å²) in [5.74, 6) is 2.19. The first-order valence-corrected chi connectivity index (χ1v) is 5.61. The van der Waals surface area contributed by atoms with Crippen LogP contribution in [-0.2, 0) is 0 Å². The molecule has 13 heavy (non-hydrogen) atoms. The van der Waals surface area contributed by atoms with Crippen LogP contribution >= 0.6 is 0 Å². The molecule has 2 atom stereocenters. The topological polar surface area (TPSA) is 20.2 Å². The Bertz CT molecular complexity index is 147. The summed E-state index contributed by atoms with van der Waals surface area (Å²) >= 11 is 0. The zero-order valence-electron chi connectivity index (χ0n) is 9.51. The van der Waals surface area contributed by atoms with Crippen LogP contribution in [-0.4, -0.2) is 10.7 Å². The monoisotopic (exact) mass is 184 g/mol. The van der Waals surface area contributed by atoms with Gasteiger partial charge in [0, 0.05) is 0 Å². The molecule has 0 spiro atoms. The van der Waals surface area contributed by atoms with Crippen LogP contribution in [0.1, 0.15) is 53.4 Å². The average Bonchev–Trinajstić information content (AvgIpc) is 1.78. The second kappa shape index (κ2) is 4.00. The third-order valence-electron chi connectivity index (χ3n) is 3.19. The van der Waals surface area contributed by atoms with E-state index in [4.69, 9.17) is 0 Å². The molecule has 1 heteroatoms. The molecule has 1 aliphatic carbocycles. The summed E-state index contributed by atoms with van der Waals surface area (Å²) in [6.45, 7) is 8.87. The highest BCUT2D eigenvalue weighted by Gasteiger charge is 2.29. The van der Waals surface area contributed by atoms with Crippen molar-refractivity contribution >= 4 is 0 Å². The van der Waals surface area contributed by atoms with Gasteiger partial charge in [0.1, 0.15) is 0 Å². The van der Waals surface area contributed by atoms with Gasteiger partial charge in [-0.05, 0) is 50.4 Å². The van der Waals surface area contributed by atoms with Crippen molar-refractivity contribution in [3.8, 4) is 0 Å². The Hall–Kier alpha value is -0.0400. The summed E-state index contributed by atoms with van der Waals surface area (Å²) in [4.78, 5) is 0. The maximum Gasteiger partial charge on any atom is 0.0624 e. The van der Waals surface area contributed by atoms with Gasteiger partial charge in [-0.15, -0.1) is 0 Å². The molecule has 1 N–H and O–H groups in total. The van der Waals surface area contributed by atoms with Gasteiger partial charge in [0.25, 0.3) is 0 Å². The van der Waals surface area contributed by atoms with E-state index in [0.29, 0.717) is 11.8 Å². The minimum absolute atomic E-state index is 0.418. The predicted octanol–water partition coefficient (Wildman–Crippen LogP) is 3.22. The Balaban J connectivity index is 2.59. The zero-order valence-corrected chi connectivity index (χ0v) is 9.51. The molecule has 0 amide bonds. The maximum atomic E-state index is 10.1. The normalized spacial score (nSPS) is 48.2. The Morgan fingerprint density at radius 2 is 1.31 bits per heavy atom. The molecule has 0 aliphatic heterocycles. The summed E-state index contributed by atoms with van der Waals surface area (Å²) in [5.41, 5.74) is -0.418. The minimum Gasteiger partial charge on any atom is -0.390 e. The van der Waals surface area contributed by atoms with Gasteiger partial charge in [-0.3, -0.25) is 0 Å². The predicted molar refractivity (Wildman–Crippen MR) is 56.6 cm³/mol. The van der Waals surface area contributed by atoms with Gasteiger partial charge in [-0.1, -0.05) is 20.8 Å². The lowest BCUT2D eigenvalue weighted by Crippen LogP contribution is -2.32. The highest BCUT2D eigenvalue weighted by molar-refractivity contribution is 4.81. The molecule has 0 heterocycles. The molecule has 2 unspecified atom stereocenters. The Kier molecular flexibility index (Phi) is 3.39. The van der Waals surface area contributed by atoms with E-state index in [1.165, 1.54) is 12.8 Å². The second-order valence-corrected chi connectivity index (χ2v) is 5.69. The fraction of sp³-hybridized carbons (Fsp3) is 1.00. The molecule has 0 aromatic rings. The third kappa shape index (κ3) is 3.68. The van der Waals surface area contributed by atoms with Gasteiger partial charge in [0.05, 0.1) is 5.60 Å².